The molecule has 2 heterocycles. The molecule has 0 radical (unpaired) electrons. The lowest BCUT2D eigenvalue weighted by molar-refractivity contribution is -0.120. The molecular weight excluding hydrogens is 406 g/mol. The third kappa shape index (κ3) is 5.10. The topological polar surface area (TPSA) is 109 Å². The molecule has 1 unspecified atom stereocenters. The van der Waals surface area contributed by atoms with Crippen LogP contribution in [0.3, 0.4) is 0 Å². The van der Waals surface area contributed by atoms with Crippen LogP contribution in [0.25, 0.3) is 11.1 Å². The van der Waals surface area contributed by atoms with E-state index >= 15 is 0 Å². The van der Waals surface area contributed by atoms with Gasteiger partial charge < -0.3 is 20.4 Å². The third-order valence-electron chi connectivity index (χ3n) is 4.91. The highest BCUT2D eigenvalue weighted by atomic mass is 16.4. The highest BCUT2D eigenvalue weighted by molar-refractivity contribution is 5.97. The summed E-state index contributed by atoms with van der Waals surface area (Å²) in [6, 6.07) is 18.3. The normalized spacial score (nSPS) is 11.7. The molecule has 0 aliphatic rings. The molecule has 8 nitrogen and oxygen atoms in total. The predicted octanol–water partition coefficient (Wildman–Crippen LogP) is 3.96. The second kappa shape index (κ2) is 9.74. The smallest absolute Gasteiger partial charge is 0.300 e. The van der Waals surface area contributed by atoms with E-state index in [1.807, 2.05) is 43.3 Å². The number of nitrogens with zero attached hydrogens (tertiary/aromatic N) is 2. The fourth-order valence-electron chi connectivity index (χ4n) is 3.30. The van der Waals surface area contributed by atoms with Gasteiger partial charge in [0.1, 0.15) is 5.52 Å². The zero-order valence-corrected chi connectivity index (χ0v) is 17.5. The van der Waals surface area contributed by atoms with Gasteiger partial charge in [-0.2, -0.15) is 4.98 Å². The Kier molecular flexibility index (Phi) is 6.41. The molecule has 2 amide bonds. The number of carbonyl (C=O) groups excluding carboxylic acids is 2. The molecule has 0 saturated carbocycles. The van der Waals surface area contributed by atoms with Crippen molar-refractivity contribution in [1.29, 1.82) is 0 Å². The van der Waals surface area contributed by atoms with E-state index in [9.17, 15) is 9.59 Å². The predicted molar refractivity (Wildman–Crippen MR) is 121 cm³/mol. The van der Waals surface area contributed by atoms with Crippen molar-refractivity contribution in [1.82, 2.24) is 20.6 Å². The van der Waals surface area contributed by atoms with Crippen molar-refractivity contribution >= 4 is 34.6 Å². The van der Waals surface area contributed by atoms with Gasteiger partial charge in [-0.25, -0.2) is 0 Å². The van der Waals surface area contributed by atoms with Crippen molar-refractivity contribution in [2.45, 2.75) is 19.4 Å². The molecule has 4 rings (SSSR count). The number of carbonyl (C=O) groups is 2. The zero-order chi connectivity index (χ0) is 22.3. The van der Waals surface area contributed by atoms with Crippen LogP contribution in [-0.4, -0.2) is 28.3 Å². The average molecular weight is 429 g/mol. The number of para-hydroxylation sites is 2. The van der Waals surface area contributed by atoms with Crippen molar-refractivity contribution in [3.63, 3.8) is 0 Å². The van der Waals surface area contributed by atoms with Crippen molar-refractivity contribution in [3.05, 3.63) is 84.2 Å². The first kappa shape index (κ1) is 21.0. The monoisotopic (exact) mass is 429 g/mol. The van der Waals surface area contributed by atoms with E-state index in [2.05, 4.69) is 25.9 Å². The quantitative estimate of drug-likeness (QED) is 0.391. The Morgan fingerprint density at radius 2 is 1.94 bits per heavy atom. The maximum absolute atomic E-state index is 12.6. The number of oxazole rings is 1. The minimum Gasteiger partial charge on any atom is -0.423 e. The van der Waals surface area contributed by atoms with Gasteiger partial charge in [-0.3, -0.25) is 14.6 Å². The lowest BCUT2D eigenvalue weighted by Crippen LogP contribution is -2.38. The fourth-order valence-corrected chi connectivity index (χ4v) is 3.30. The van der Waals surface area contributed by atoms with E-state index in [1.165, 1.54) is 0 Å². The first-order chi connectivity index (χ1) is 15.6. The molecule has 4 aromatic rings. The van der Waals surface area contributed by atoms with E-state index in [0.717, 1.165) is 17.5 Å². The van der Waals surface area contributed by atoms with Crippen molar-refractivity contribution in [3.8, 4) is 0 Å². The average Bonchev–Trinajstić information content (AvgIpc) is 3.24. The van der Waals surface area contributed by atoms with Gasteiger partial charge in [0.25, 0.3) is 11.9 Å². The molecule has 162 valence electrons. The Balaban J connectivity index is 1.34. The Labute approximate surface area is 185 Å². The molecule has 8 heteroatoms. The number of nitrogens with one attached hydrogen (secondary N) is 3. The number of fused-ring (bicyclic) bond motifs is 1. The summed E-state index contributed by atoms with van der Waals surface area (Å²) in [7, 11) is 0. The van der Waals surface area contributed by atoms with Crippen LogP contribution in [0.15, 0.2) is 77.5 Å². The summed E-state index contributed by atoms with van der Waals surface area (Å²) >= 11 is 0. The largest absolute Gasteiger partial charge is 0.423 e. The Bertz CT molecular complexity index is 1190. The van der Waals surface area contributed by atoms with Gasteiger partial charge in [-0.05, 0) is 48.4 Å². The Morgan fingerprint density at radius 1 is 1.06 bits per heavy atom. The van der Waals surface area contributed by atoms with Gasteiger partial charge in [-0.15, -0.1) is 0 Å². The summed E-state index contributed by atoms with van der Waals surface area (Å²) in [6.07, 6.45) is 4.13. The molecule has 0 fully saturated rings. The molecule has 0 saturated heterocycles. The standard InChI is InChI=1S/C24H23N5O3/c1-2-19(17-8-6-12-25-14-17)28-22(30)15-26-23(31)16-7-5-9-18(13-16)27-24-29-20-10-3-4-11-21(20)32-24/h3-14,19H,2,15H2,1H3,(H,26,31)(H,27,29)(H,28,30). The van der Waals surface area contributed by atoms with E-state index in [1.54, 1.807) is 36.7 Å². The number of aromatic nitrogens is 2. The number of hydrogen-bond donors (Lipinski definition) is 3. The van der Waals surface area contributed by atoms with Gasteiger partial charge in [0.2, 0.25) is 5.91 Å². The zero-order valence-electron chi connectivity index (χ0n) is 17.5. The van der Waals surface area contributed by atoms with Crippen LogP contribution in [-0.2, 0) is 4.79 Å². The van der Waals surface area contributed by atoms with E-state index in [0.29, 0.717) is 22.8 Å². The number of anilines is 2. The molecule has 0 aliphatic heterocycles. The van der Waals surface area contributed by atoms with Crippen LogP contribution in [0.1, 0.15) is 35.3 Å². The number of pyridine rings is 1. The SMILES string of the molecule is CCC(NC(=O)CNC(=O)c1cccc(Nc2nc3ccccc3o2)c1)c1cccnc1. The lowest BCUT2D eigenvalue weighted by atomic mass is 10.1. The maximum Gasteiger partial charge on any atom is 0.300 e. The molecule has 1 atom stereocenters. The van der Waals surface area contributed by atoms with Gasteiger partial charge in [0, 0.05) is 23.6 Å². The molecule has 0 spiro atoms. The van der Waals surface area contributed by atoms with Crippen molar-refractivity contribution in [2.75, 3.05) is 11.9 Å². The van der Waals surface area contributed by atoms with Gasteiger partial charge in [-0.1, -0.05) is 31.2 Å². The molecule has 32 heavy (non-hydrogen) atoms. The van der Waals surface area contributed by atoms with Crippen LogP contribution in [0, 0.1) is 0 Å². The molecule has 0 bridgehead atoms. The minimum absolute atomic E-state index is 0.127. The molecule has 0 aliphatic carbocycles. The minimum atomic E-state index is -0.351. The van der Waals surface area contributed by atoms with Gasteiger partial charge >= 0.3 is 0 Å². The van der Waals surface area contributed by atoms with E-state index in [4.69, 9.17) is 4.42 Å². The first-order valence-electron chi connectivity index (χ1n) is 10.3. The number of amides is 2. The Morgan fingerprint density at radius 3 is 2.72 bits per heavy atom. The van der Waals surface area contributed by atoms with Gasteiger partial charge in [0.05, 0.1) is 12.6 Å². The third-order valence-corrected chi connectivity index (χ3v) is 4.91. The van der Waals surface area contributed by atoms with E-state index in [-0.39, 0.29) is 24.4 Å². The Hall–Kier alpha value is -4.20. The first-order valence-corrected chi connectivity index (χ1v) is 10.3. The van der Waals surface area contributed by atoms with Crippen molar-refractivity contribution in [2.24, 2.45) is 0 Å². The summed E-state index contributed by atoms with van der Waals surface area (Å²) < 4.78 is 5.66. The second-order valence-electron chi connectivity index (χ2n) is 7.19. The molecule has 3 N–H and O–H groups in total. The number of hydrogen-bond acceptors (Lipinski definition) is 6. The highest BCUT2D eigenvalue weighted by Gasteiger charge is 2.14. The summed E-state index contributed by atoms with van der Waals surface area (Å²) in [5.41, 5.74) is 3.40. The van der Waals surface area contributed by atoms with Crippen LogP contribution in [0.4, 0.5) is 11.7 Å². The van der Waals surface area contributed by atoms with Gasteiger partial charge in [0.15, 0.2) is 5.58 Å². The number of benzene rings is 2. The van der Waals surface area contributed by atoms with Crippen LogP contribution < -0.4 is 16.0 Å². The van der Waals surface area contributed by atoms with Crippen LogP contribution in [0.5, 0.6) is 0 Å². The van der Waals surface area contributed by atoms with Crippen LogP contribution >= 0.6 is 0 Å². The van der Waals surface area contributed by atoms with Crippen molar-refractivity contribution < 1.29 is 14.0 Å². The summed E-state index contributed by atoms with van der Waals surface area (Å²) in [5.74, 6) is -0.620. The molecular formula is C24H23N5O3. The summed E-state index contributed by atoms with van der Waals surface area (Å²) in [5, 5.41) is 8.64. The summed E-state index contributed by atoms with van der Waals surface area (Å²) in [6.45, 7) is 1.85. The fraction of sp³-hybridized carbons (Fsp3) is 0.167. The van der Waals surface area contributed by atoms with E-state index < -0.39 is 0 Å². The van der Waals surface area contributed by atoms with Crippen LogP contribution in [0.2, 0.25) is 0 Å². The molecule has 2 aromatic heterocycles. The second-order valence-corrected chi connectivity index (χ2v) is 7.19. The lowest BCUT2D eigenvalue weighted by Gasteiger charge is -2.17. The maximum atomic E-state index is 12.6. The highest BCUT2D eigenvalue weighted by Crippen LogP contribution is 2.22. The summed E-state index contributed by atoms with van der Waals surface area (Å²) in [4.78, 5) is 33.3. The number of rotatable bonds is 8. The molecule has 2 aromatic carbocycles.